The smallest absolute Gasteiger partial charge is 0.295 e. The van der Waals surface area contributed by atoms with E-state index in [9.17, 15) is 14.7 Å². The number of likely N-dealkylation sites (tertiary alicyclic amines) is 1. The molecule has 2 aliphatic rings. The molecule has 2 aromatic carbocycles. The van der Waals surface area contributed by atoms with Gasteiger partial charge in [0.05, 0.1) is 31.4 Å². The summed E-state index contributed by atoms with van der Waals surface area (Å²) in [6.45, 7) is 11.0. The van der Waals surface area contributed by atoms with Gasteiger partial charge in [-0.2, -0.15) is 0 Å². The zero-order valence-corrected chi connectivity index (χ0v) is 23.3. The van der Waals surface area contributed by atoms with E-state index in [1.165, 1.54) is 0 Å². The van der Waals surface area contributed by atoms with Crippen LogP contribution in [-0.2, 0) is 14.3 Å². The Morgan fingerprint density at radius 1 is 1.14 bits per heavy atom. The third kappa shape index (κ3) is 6.43. The Balaban J connectivity index is 1.66. The van der Waals surface area contributed by atoms with E-state index in [2.05, 4.69) is 34.7 Å². The van der Waals surface area contributed by atoms with Crippen molar-refractivity contribution >= 4 is 33.4 Å². The van der Waals surface area contributed by atoms with Gasteiger partial charge in [0.15, 0.2) is 0 Å². The highest BCUT2D eigenvalue weighted by molar-refractivity contribution is 9.10. The number of carbonyl (C=O) groups excluding carboxylic acids is 2. The van der Waals surface area contributed by atoms with E-state index in [0.29, 0.717) is 37.8 Å². The zero-order valence-electron chi connectivity index (χ0n) is 21.7. The van der Waals surface area contributed by atoms with Gasteiger partial charge < -0.3 is 19.5 Å². The van der Waals surface area contributed by atoms with Crippen LogP contribution in [0.5, 0.6) is 5.75 Å². The number of hydrogen-bond donors (Lipinski definition) is 1. The van der Waals surface area contributed by atoms with Crippen LogP contribution in [0.25, 0.3) is 5.76 Å². The molecule has 8 heteroatoms. The van der Waals surface area contributed by atoms with Crippen molar-refractivity contribution in [1.82, 2.24) is 9.80 Å². The van der Waals surface area contributed by atoms with Crippen molar-refractivity contribution in [3.63, 3.8) is 0 Å². The average Bonchev–Trinajstić information content (AvgIpc) is 3.13. The summed E-state index contributed by atoms with van der Waals surface area (Å²) in [4.78, 5) is 30.5. The van der Waals surface area contributed by atoms with Crippen LogP contribution in [-0.4, -0.2) is 72.6 Å². The van der Waals surface area contributed by atoms with Gasteiger partial charge in [-0.15, -0.1) is 0 Å². The summed E-state index contributed by atoms with van der Waals surface area (Å²) in [5, 5.41) is 11.4. The van der Waals surface area contributed by atoms with Crippen LogP contribution in [0.15, 0.2) is 52.5 Å². The van der Waals surface area contributed by atoms with Gasteiger partial charge in [-0.05, 0) is 60.7 Å². The number of ketones is 1. The minimum atomic E-state index is -0.667. The third-order valence-electron chi connectivity index (χ3n) is 6.70. The van der Waals surface area contributed by atoms with Crippen molar-refractivity contribution in [3.05, 3.63) is 69.2 Å². The molecule has 0 aromatic heterocycles. The molecule has 0 radical (unpaired) electrons. The predicted octanol–water partition coefficient (Wildman–Crippen LogP) is 4.94. The second-order valence-corrected chi connectivity index (χ2v) is 11.0. The van der Waals surface area contributed by atoms with E-state index in [1.807, 2.05) is 31.2 Å². The van der Waals surface area contributed by atoms with Gasteiger partial charge >= 0.3 is 0 Å². The molecule has 2 fully saturated rings. The van der Waals surface area contributed by atoms with Crippen LogP contribution < -0.4 is 4.74 Å². The van der Waals surface area contributed by atoms with E-state index in [0.717, 1.165) is 47.4 Å². The van der Waals surface area contributed by atoms with E-state index in [4.69, 9.17) is 9.47 Å². The van der Waals surface area contributed by atoms with Crippen LogP contribution in [0, 0.1) is 12.8 Å². The van der Waals surface area contributed by atoms with Crippen molar-refractivity contribution < 1.29 is 24.2 Å². The number of ether oxygens (including phenoxy) is 2. The molecule has 2 saturated heterocycles. The van der Waals surface area contributed by atoms with Gasteiger partial charge in [0.25, 0.3) is 11.7 Å². The number of carbonyl (C=O) groups is 2. The molecule has 1 atom stereocenters. The first-order valence-corrected chi connectivity index (χ1v) is 13.6. The number of halogens is 1. The highest BCUT2D eigenvalue weighted by Crippen LogP contribution is 2.40. The number of Topliss-reactive ketones (excluding diaryl/α,β-unsaturated/α-hetero) is 1. The number of aryl methyl sites for hydroxylation is 1. The summed E-state index contributed by atoms with van der Waals surface area (Å²) in [6, 6.07) is 12.2. The van der Waals surface area contributed by atoms with E-state index < -0.39 is 17.7 Å². The van der Waals surface area contributed by atoms with E-state index in [1.54, 1.807) is 23.1 Å². The number of hydrogen-bond acceptors (Lipinski definition) is 6. The highest BCUT2D eigenvalue weighted by atomic mass is 79.9. The monoisotopic (exact) mass is 570 g/mol. The zero-order chi connectivity index (χ0) is 26.5. The number of amides is 1. The van der Waals surface area contributed by atoms with Crippen LogP contribution in [0.2, 0.25) is 0 Å². The maximum Gasteiger partial charge on any atom is 0.295 e. The molecular formula is C29H35BrN2O5. The predicted molar refractivity (Wildman–Crippen MR) is 147 cm³/mol. The number of nitrogens with zero attached hydrogens (tertiary/aromatic N) is 2. The van der Waals surface area contributed by atoms with Gasteiger partial charge in [-0.3, -0.25) is 14.5 Å². The molecule has 7 nitrogen and oxygen atoms in total. The van der Waals surface area contributed by atoms with E-state index >= 15 is 0 Å². The molecule has 2 aromatic rings. The fourth-order valence-corrected chi connectivity index (χ4v) is 5.21. The lowest BCUT2D eigenvalue weighted by molar-refractivity contribution is -0.140. The maximum absolute atomic E-state index is 13.3. The Kier molecular flexibility index (Phi) is 9.05. The molecule has 0 spiro atoms. The minimum absolute atomic E-state index is 0.115. The van der Waals surface area contributed by atoms with Crippen LogP contribution in [0.1, 0.15) is 43.0 Å². The first-order chi connectivity index (χ1) is 17.8. The molecule has 1 amide bonds. The molecule has 2 heterocycles. The summed E-state index contributed by atoms with van der Waals surface area (Å²) < 4.78 is 12.1. The van der Waals surface area contributed by atoms with Crippen molar-refractivity contribution in [1.29, 1.82) is 0 Å². The van der Waals surface area contributed by atoms with E-state index in [-0.39, 0.29) is 11.3 Å². The van der Waals surface area contributed by atoms with Gasteiger partial charge in [0.2, 0.25) is 0 Å². The molecule has 198 valence electrons. The number of aliphatic hydroxyl groups is 1. The lowest BCUT2D eigenvalue weighted by Crippen LogP contribution is -2.38. The molecule has 4 rings (SSSR count). The largest absolute Gasteiger partial charge is 0.507 e. The molecule has 0 aliphatic carbocycles. The Morgan fingerprint density at radius 3 is 2.57 bits per heavy atom. The molecule has 1 N–H and O–H groups in total. The topological polar surface area (TPSA) is 79.3 Å². The van der Waals surface area contributed by atoms with Gasteiger partial charge in [-0.25, -0.2) is 0 Å². The number of benzene rings is 2. The lowest BCUT2D eigenvalue weighted by atomic mass is 9.94. The number of aliphatic hydroxyl groups excluding tert-OH is 1. The van der Waals surface area contributed by atoms with Gasteiger partial charge in [0.1, 0.15) is 11.5 Å². The molecule has 37 heavy (non-hydrogen) atoms. The first kappa shape index (κ1) is 27.4. The van der Waals surface area contributed by atoms with Crippen molar-refractivity contribution in [2.75, 3.05) is 46.0 Å². The fourth-order valence-electron chi connectivity index (χ4n) is 4.79. The fraction of sp³-hybridized carbons (Fsp3) is 0.448. The maximum atomic E-state index is 13.3. The Morgan fingerprint density at radius 2 is 1.89 bits per heavy atom. The Bertz CT molecular complexity index is 1170. The quantitative estimate of drug-likeness (QED) is 0.261. The number of morpholine rings is 1. The average molecular weight is 572 g/mol. The molecule has 0 saturated carbocycles. The van der Waals surface area contributed by atoms with Crippen molar-refractivity contribution in [2.45, 2.75) is 33.2 Å². The second kappa shape index (κ2) is 12.2. The van der Waals surface area contributed by atoms with Gasteiger partial charge in [0, 0.05) is 36.2 Å². The minimum Gasteiger partial charge on any atom is -0.507 e. The normalized spacial score (nSPS) is 20.1. The Hall–Kier alpha value is -2.68. The first-order valence-electron chi connectivity index (χ1n) is 12.8. The van der Waals surface area contributed by atoms with Crippen molar-refractivity contribution in [2.24, 2.45) is 5.92 Å². The summed E-state index contributed by atoms with van der Waals surface area (Å²) in [5.41, 5.74) is 2.23. The SMILES string of the molecule is Cc1cc(/C(O)=C2\C(=O)C(=O)N(CCCN3CCOCC3)[C@@H]2c2cccc(Br)c2)ccc1OCC(C)C. The second-order valence-electron chi connectivity index (χ2n) is 10.0. The summed E-state index contributed by atoms with van der Waals surface area (Å²) in [5.74, 6) is -0.291. The summed E-state index contributed by atoms with van der Waals surface area (Å²) in [7, 11) is 0. The van der Waals surface area contributed by atoms with Crippen molar-refractivity contribution in [3.8, 4) is 5.75 Å². The standard InChI is InChI=1S/C29H35BrN2O5/c1-19(2)18-37-24-9-8-22(16-20(24)3)27(33)25-26(21-6-4-7-23(30)17-21)32(29(35)28(25)34)11-5-10-31-12-14-36-15-13-31/h4,6-9,16-17,19,26,33H,5,10-15,18H2,1-3H3/b27-25+/t26-/m1/s1. The number of rotatable bonds is 9. The third-order valence-corrected chi connectivity index (χ3v) is 7.20. The van der Waals surface area contributed by atoms with Crippen LogP contribution in [0.4, 0.5) is 0 Å². The van der Waals surface area contributed by atoms with Crippen LogP contribution in [0.3, 0.4) is 0 Å². The molecule has 0 bridgehead atoms. The lowest BCUT2D eigenvalue weighted by Gasteiger charge is -2.29. The summed E-state index contributed by atoms with van der Waals surface area (Å²) >= 11 is 3.51. The Labute approximate surface area is 227 Å². The van der Waals surface area contributed by atoms with Gasteiger partial charge in [-0.1, -0.05) is 41.9 Å². The summed E-state index contributed by atoms with van der Waals surface area (Å²) in [6.07, 6.45) is 0.721. The molecule has 0 unspecified atom stereocenters. The molecular weight excluding hydrogens is 536 g/mol. The van der Waals surface area contributed by atoms with Crippen LogP contribution >= 0.6 is 15.9 Å². The molecule has 2 aliphatic heterocycles. The highest BCUT2D eigenvalue weighted by Gasteiger charge is 2.45.